The van der Waals surface area contributed by atoms with Crippen molar-refractivity contribution in [2.24, 2.45) is 4.99 Å². The van der Waals surface area contributed by atoms with E-state index >= 15 is 0 Å². The number of alkyl halides is 2. The summed E-state index contributed by atoms with van der Waals surface area (Å²) in [5.74, 6) is -0.0599. The number of piperidine rings is 1. The van der Waals surface area contributed by atoms with Gasteiger partial charge in [0, 0.05) is 35.4 Å². The minimum atomic E-state index is -3.14. The average molecular weight is 420 g/mol. The molecule has 2 aromatic rings. The molecule has 154 valence electrons. The van der Waals surface area contributed by atoms with Crippen LogP contribution in [0.5, 0.6) is 5.75 Å². The van der Waals surface area contributed by atoms with Crippen LogP contribution in [0.1, 0.15) is 36.5 Å². The fraction of sp³-hybridized carbons (Fsp3) is 0.350. The van der Waals surface area contributed by atoms with Crippen molar-refractivity contribution in [1.82, 2.24) is 10.3 Å². The predicted molar refractivity (Wildman–Crippen MR) is 112 cm³/mol. The second-order valence-electron chi connectivity index (χ2n) is 7.22. The van der Waals surface area contributed by atoms with Crippen molar-refractivity contribution in [2.75, 3.05) is 5.73 Å². The van der Waals surface area contributed by atoms with Crippen LogP contribution in [0.4, 0.5) is 14.6 Å². The van der Waals surface area contributed by atoms with Gasteiger partial charge in [-0.05, 0) is 50.1 Å². The van der Waals surface area contributed by atoms with Crippen LogP contribution in [-0.4, -0.2) is 34.3 Å². The lowest BCUT2D eigenvalue weighted by Gasteiger charge is -2.26. The van der Waals surface area contributed by atoms with E-state index in [4.69, 9.17) is 5.73 Å². The molecule has 1 aromatic heterocycles. The number of benzene rings is 1. The Balaban J connectivity index is 1.87. The normalized spacial score (nSPS) is 20.1. The van der Waals surface area contributed by atoms with Gasteiger partial charge in [0.2, 0.25) is 5.91 Å². The summed E-state index contributed by atoms with van der Waals surface area (Å²) in [5, 5.41) is 13.1. The first kappa shape index (κ1) is 21.1. The number of nitrogens with zero attached hydrogens (tertiary/aromatic N) is 2. The first-order chi connectivity index (χ1) is 13.6. The molecule has 1 fully saturated rings. The number of phenols is 1. The molecule has 0 aliphatic carbocycles. The van der Waals surface area contributed by atoms with E-state index in [9.17, 15) is 18.7 Å². The number of pyridine rings is 1. The van der Waals surface area contributed by atoms with Crippen molar-refractivity contribution < 1.29 is 18.7 Å². The van der Waals surface area contributed by atoms with Crippen LogP contribution in [-0.2, 0) is 10.5 Å². The van der Waals surface area contributed by atoms with Crippen molar-refractivity contribution in [3.8, 4) is 17.0 Å². The highest BCUT2D eigenvalue weighted by Gasteiger charge is 2.27. The topological polar surface area (TPSA) is 101 Å². The van der Waals surface area contributed by atoms with Gasteiger partial charge in [-0.25, -0.2) is 4.98 Å². The second-order valence-corrected chi connectivity index (χ2v) is 7.95. The monoisotopic (exact) mass is 420 g/mol. The summed E-state index contributed by atoms with van der Waals surface area (Å²) >= 11 is 0. The van der Waals surface area contributed by atoms with E-state index < -0.39 is 5.66 Å². The number of nitrogens with two attached hydrogens (primary N) is 1. The Morgan fingerprint density at radius 2 is 2.14 bits per heavy atom. The number of nitrogen functional groups attached to an aromatic ring is 1. The number of aromatic hydroxyl groups is 1. The summed E-state index contributed by atoms with van der Waals surface area (Å²) in [6.45, 7) is 3.53. The van der Waals surface area contributed by atoms with Gasteiger partial charge < -0.3 is 16.2 Å². The minimum Gasteiger partial charge on any atom is -0.507 e. The fourth-order valence-corrected chi connectivity index (χ4v) is 3.53. The van der Waals surface area contributed by atoms with E-state index in [-0.39, 0.29) is 35.1 Å². The molecule has 0 spiro atoms. The molecule has 0 saturated carbocycles. The van der Waals surface area contributed by atoms with E-state index in [0.29, 0.717) is 35.2 Å². The summed E-state index contributed by atoms with van der Waals surface area (Å²) < 4.78 is 27.1. The molecule has 1 amide bonds. The van der Waals surface area contributed by atoms with Gasteiger partial charge in [-0.2, -0.15) is 8.78 Å². The molecule has 3 rings (SSSR count). The molecule has 3 unspecified atom stereocenters. The first-order valence-electron chi connectivity index (χ1n) is 9.16. The standard InChI is InChI=1S/C20H23F2N4O2P/c1-10-7-13(20(21,22)29)8-16(27)18(10)15-4-3-12(19(23)26-15)9-24-14-5-6-17(28)25-11(14)2/h3-4,7-9,11,14,27H,5-6,29H2,1-2H3,(H2,23,26)(H,25,28). The Morgan fingerprint density at radius 3 is 2.72 bits per heavy atom. The largest absolute Gasteiger partial charge is 0.507 e. The van der Waals surface area contributed by atoms with E-state index in [1.54, 1.807) is 25.3 Å². The van der Waals surface area contributed by atoms with Gasteiger partial charge in [0.1, 0.15) is 11.6 Å². The highest BCUT2D eigenvalue weighted by molar-refractivity contribution is 7.17. The molecule has 0 bridgehead atoms. The van der Waals surface area contributed by atoms with Gasteiger partial charge in [0.15, 0.2) is 0 Å². The number of nitrogens with one attached hydrogen (secondary N) is 1. The van der Waals surface area contributed by atoms with E-state index in [1.165, 1.54) is 15.3 Å². The smallest absolute Gasteiger partial charge is 0.284 e. The first-order valence-corrected chi connectivity index (χ1v) is 9.74. The molecule has 4 N–H and O–H groups in total. The summed E-state index contributed by atoms with van der Waals surface area (Å²) in [6.07, 6.45) is 2.72. The Morgan fingerprint density at radius 1 is 1.41 bits per heavy atom. The van der Waals surface area contributed by atoms with Crippen molar-refractivity contribution in [3.63, 3.8) is 0 Å². The third-order valence-electron chi connectivity index (χ3n) is 4.95. The number of phenolic OH excluding ortho intramolecular Hbond substituents is 1. The summed E-state index contributed by atoms with van der Waals surface area (Å²) in [4.78, 5) is 20.2. The SMILES string of the molecule is Cc1cc(C(F)(F)P)cc(O)c1-c1ccc(C=NC2CCC(=O)NC2C)c(N)n1. The third-order valence-corrected chi connectivity index (χ3v) is 5.28. The number of carbonyl (C=O) groups is 1. The Labute approximate surface area is 169 Å². The lowest BCUT2D eigenvalue weighted by Crippen LogP contribution is -2.45. The quantitative estimate of drug-likeness (QED) is 0.522. The Kier molecular flexibility index (Phi) is 5.85. The number of carbonyl (C=O) groups excluding carboxylic acids is 1. The van der Waals surface area contributed by atoms with E-state index in [1.807, 2.05) is 6.92 Å². The maximum Gasteiger partial charge on any atom is 0.284 e. The lowest BCUT2D eigenvalue weighted by atomic mass is 9.99. The van der Waals surface area contributed by atoms with Crippen LogP contribution >= 0.6 is 9.24 Å². The van der Waals surface area contributed by atoms with E-state index in [0.717, 1.165) is 6.07 Å². The zero-order valence-electron chi connectivity index (χ0n) is 16.1. The molecule has 9 heteroatoms. The van der Waals surface area contributed by atoms with Crippen LogP contribution in [0.3, 0.4) is 0 Å². The second kappa shape index (κ2) is 8.03. The Hall–Kier alpha value is -2.60. The zero-order chi connectivity index (χ0) is 21.3. The molecule has 1 aromatic carbocycles. The molecule has 29 heavy (non-hydrogen) atoms. The van der Waals surface area contributed by atoms with Crippen LogP contribution in [0.15, 0.2) is 29.3 Å². The highest BCUT2D eigenvalue weighted by atomic mass is 31.0. The van der Waals surface area contributed by atoms with Crippen LogP contribution in [0.25, 0.3) is 11.3 Å². The number of hydrogen-bond donors (Lipinski definition) is 3. The van der Waals surface area contributed by atoms with Crippen LogP contribution < -0.4 is 11.1 Å². The molecule has 1 aliphatic rings. The van der Waals surface area contributed by atoms with Crippen molar-refractivity contribution in [1.29, 1.82) is 0 Å². The predicted octanol–water partition coefficient (Wildman–Crippen LogP) is 3.36. The van der Waals surface area contributed by atoms with Gasteiger partial charge in [0.25, 0.3) is 5.66 Å². The van der Waals surface area contributed by atoms with Gasteiger partial charge >= 0.3 is 0 Å². The van der Waals surface area contributed by atoms with Crippen LogP contribution in [0, 0.1) is 6.92 Å². The average Bonchev–Trinajstić information content (AvgIpc) is 2.61. The minimum absolute atomic E-state index is 0.0232. The zero-order valence-corrected chi connectivity index (χ0v) is 17.3. The lowest BCUT2D eigenvalue weighted by molar-refractivity contribution is -0.123. The molecular weight excluding hydrogens is 397 g/mol. The van der Waals surface area contributed by atoms with E-state index in [2.05, 4.69) is 15.3 Å². The van der Waals surface area contributed by atoms with Gasteiger partial charge in [0.05, 0.1) is 11.7 Å². The number of anilines is 1. The number of hydrogen-bond acceptors (Lipinski definition) is 5. The summed E-state index contributed by atoms with van der Waals surface area (Å²) in [6, 6.07) is 5.61. The fourth-order valence-electron chi connectivity index (χ4n) is 3.36. The van der Waals surface area contributed by atoms with Gasteiger partial charge in [-0.15, -0.1) is 0 Å². The molecule has 1 saturated heterocycles. The van der Waals surface area contributed by atoms with Crippen molar-refractivity contribution >= 4 is 27.2 Å². The Bertz CT molecular complexity index is 952. The number of rotatable bonds is 4. The highest BCUT2D eigenvalue weighted by Crippen LogP contribution is 2.41. The molecular formula is C20H23F2N4O2P. The number of aromatic nitrogens is 1. The number of amides is 1. The molecule has 0 radical (unpaired) electrons. The van der Waals surface area contributed by atoms with Crippen LogP contribution in [0.2, 0.25) is 0 Å². The summed E-state index contributed by atoms with van der Waals surface area (Å²) in [5.41, 5.74) is 4.41. The number of aryl methyl sites for hydroxylation is 1. The molecule has 3 atom stereocenters. The van der Waals surface area contributed by atoms with Gasteiger partial charge in [-0.3, -0.25) is 9.79 Å². The molecule has 1 aliphatic heterocycles. The van der Waals surface area contributed by atoms with Crippen molar-refractivity contribution in [2.45, 2.75) is 44.4 Å². The third kappa shape index (κ3) is 4.70. The maximum absolute atomic E-state index is 13.5. The number of aliphatic imine (C=N–C) groups is 1. The van der Waals surface area contributed by atoms with Gasteiger partial charge in [-0.1, -0.05) is 9.24 Å². The maximum atomic E-state index is 13.5. The van der Waals surface area contributed by atoms with Crippen molar-refractivity contribution in [3.05, 3.63) is 41.0 Å². The summed E-state index contributed by atoms with van der Waals surface area (Å²) in [7, 11) is 1.45. The number of halogens is 2. The molecule has 2 heterocycles. The molecule has 6 nitrogen and oxygen atoms in total.